The van der Waals surface area contributed by atoms with Gasteiger partial charge in [-0.25, -0.2) is 0 Å². The maximum atomic E-state index is 5.79. The molecule has 1 saturated carbocycles. The van der Waals surface area contributed by atoms with E-state index in [2.05, 4.69) is 30.6 Å². The quantitative estimate of drug-likeness (QED) is 0.624. The summed E-state index contributed by atoms with van der Waals surface area (Å²) in [5, 5.41) is 4.36. The molecule has 3 unspecified atom stereocenters. The van der Waals surface area contributed by atoms with Gasteiger partial charge in [0.05, 0.1) is 12.2 Å². The molecule has 102 valence electrons. The van der Waals surface area contributed by atoms with Gasteiger partial charge < -0.3 is 0 Å². The number of nitrogens with zero attached hydrogens (tertiary/aromatic N) is 2. The third-order valence-corrected chi connectivity index (χ3v) is 4.39. The van der Waals surface area contributed by atoms with Crippen LogP contribution in [0.2, 0.25) is 0 Å². The van der Waals surface area contributed by atoms with Crippen molar-refractivity contribution in [1.82, 2.24) is 15.2 Å². The van der Waals surface area contributed by atoms with Crippen molar-refractivity contribution >= 4 is 0 Å². The van der Waals surface area contributed by atoms with Crippen LogP contribution in [0.15, 0.2) is 12.4 Å². The molecule has 1 fully saturated rings. The molecule has 0 spiro atoms. The fraction of sp³-hybridized carbons (Fsp3) is 0.786. The van der Waals surface area contributed by atoms with Gasteiger partial charge in [0.2, 0.25) is 0 Å². The summed E-state index contributed by atoms with van der Waals surface area (Å²) in [6.07, 6.45) is 10.7. The largest absolute Gasteiger partial charge is 0.273 e. The van der Waals surface area contributed by atoms with Crippen molar-refractivity contribution in [3.05, 3.63) is 18.0 Å². The Morgan fingerprint density at radius 2 is 2.33 bits per heavy atom. The van der Waals surface area contributed by atoms with Crippen molar-refractivity contribution < 1.29 is 0 Å². The van der Waals surface area contributed by atoms with Crippen LogP contribution in [0.25, 0.3) is 0 Å². The normalized spacial score (nSPS) is 26.2. The molecule has 1 aromatic rings. The maximum Gasteiger partial charge on any atom is 0.0538 e. The molecular formula is C14H26N4. The summed E-state index contributed by atoms with van der Waals surface area (Å²) in [4.78, 5) is 0. The maximum absolute atomic E-state index is 5.79. The van der Waals surface area contributed by atoms with Crippen molar-refractivity contribution in [3.63, 3.8) is 0 Å². The molecule has 18 heavy (non-hydrogen) atoms. The summed E-state index contributed by atoms with van der Waals surface area (Å²) in [5.41, 5.74) is 4.25. The third kappa shape index (κ3) is 2.93. The van der Waals surface area contributed by atoms with Crippen LogP contribution in [0.5, 0.6) is 0 Å². The number of hydrogen-bond acceptors (Lipinski definition) is 3. The van der Waals surface area contributed by atoms with Gasteiger partial charge in [-0.05, 0) is 31.6 Å². The second-order valence-corrected chi connectivity index (χ2v) is 5.47. The fourth-order valence-corrected chi connectivity index (χ4v) is 3.22. The lowest BCUT2D eigenvalue weighted by atomic mass is 9.76. The first-order chi connectivity index (χ1) is 8.78. The number of aryl methyl sites for hydroxylation is 1. The molecular weight excluding hydrogens is 224 g/mol. The van der Waals surface area contributed by atoms with Crippen LogP contribution < -0.4 is 11.3 Å². The van der Waals surface area contributed by atoms with Crippen LogP contribution in [0.4, 0.5) is 0 Å². The molecule has 1 aromatic heterocycles. The summed E-state index contributed by atoms with van der Waals surface area (Å²) < 4.78 is 1.97. The average molecular weight is 250 g/mol. The van der Waals surface area contributed by atoms with Gasteiger partial charge in [0.15, 0.2) is 0 Å². The molecule has 3 atom stereocenters. The van der Waals surface area contributed by atoms with E-state index < -0.39 is 0 Å². The van der Waals surface area contributed by atoms with Crippen LogP contribution in [0.3, 0.4) is 0 Å². The number of hydrazine groups is 1. The van der Waals surface area contributed by atoms with Crippen LogP contribution in [0.1, 0.15) is 57.6 Å². The average Bonchev–Trinajstić information content (AvgIpc) is 2.88. The predicted octanol–water partition coefficient (Wildman–Crippen LogP) is 2.62. The first kappa shape index (κ1) is 13.6. The van der Waals surface area contributed by atoms with E-state index in [1.165, 1.54) is 37.7 Å². The van der Waals surface area contributed by atoms with Gasteiger partial charge in [0.1, 0.15) is 0 Å². The molecule has 3 N–H and O–H groups in total. The Labute approximate surface area is 110 Å². The summed E-state index contributed by atoms with van der Waals surface area (Å²) in [6.45, 7) is 5.32. The Morgan fingerprint density at radius 1 is 1.50 bits per heavy atom. The number of nitrogens with two attached hydrogens (primary N) is 1. The van der Waals surface area contributed by atoms with Gasteiger partial charge in [-0.15, -0.1) is 0 Å². The Kier molecular flexibility index (Phi) is 4.78. The smallest absolute Gasteiger partial charge is 0.0538 e. The molecule has 1 heterocycles. The molecule has 4 heteroatoms. The number of hydrogen-bond donors (Lipinski definition) is 2. The van der Waals surface area contributed by atoms with Crippen molar-refractivity contribution in [2.45, 2.75) is 58.5 Å². The van der Waals surface area contributed by atoms with E-state index in [-0.39, 0.29) is 6.04 Å². The van der Waals surface area contributed by atoms with Crippen molar-refractivity contribution in [3.8, 4) is 0 Å². The lowest BCUT2D eigenvalue weighted by Crippen LogP contribution is -2.35. The lowest BCUT2D eigenvalue weighted by molar-refractivity contribution is 0.210. The molecule has 0 amide bonds. The summed E-state index contributed by atoms with van der Waals surface area (Å²) in [7, 11) is 0. The van der Waals surface area contributed by atoms with Gasteiger partial charge in [-0.2, -0.15) is 5.10 Å². The van der Waals surface area contributed by atoms with Crippen LogP contribution in [-0.4, -0.2) is 9.78 Å². The first-order valence-electron chi connectivity index (χ1n) is 7.26. The third-order valence-electron chi connectivity index (χ3n) is 4.39. The zero-order valence-electron chi connectivity index (χ0n) is 11.6. The highest BCUT2D eigenvalue weighted by Gasteiger charge is 2.28. The summed E-state index contributed by atoms with van der Waals surface area (Å²) >= 11 is 0. The topological polar surface area (TPSA) is 55.9 Å². The fourth-order valence-electron chi connectivity index (χ4n) is 3.22. The number of rotatable bonds is 5. The second kappa shape index (κ2) is 6.34. The molecule has 0 saturated heterocycles. The molecule has 0 aliphatic heterocycles. The van der Waals surface area contributed by atoms with Gasteiger partial charge in [-0.1, -0.05) is 26.2 Å². The number of aromatic nitrogens is 2. The van der Waals surface area contributed by atoms with Crippen molar-refractivity contribution in [1.29, 1.82) is 0 Å². The van der Waals surface area contributed by atoms with Gasteiger partial charge >= 0.3 is 0 Å². The highest BCUT2D eigenvalue weighted by atomic mass is 15.3. The molecule has 1 aliphatic carbocycles. The highest BCUT2D eigenvalue weighted by molar-refractivity contribution is 5.12. The van der Waals surface area contributed by atoms with E-state index in [4.69, 9.17) is 5.84 Å². The van der Waals surface area contributed by atoms with E-state index in [0.717, 1.165) is 12.5 Å². The minimum atomic E-state index is 0.264. The second-order valence-electron chi connectivity index (χ2n) is 5.47. The standard InChI is InChI=1S/C14H26N4/c1-3-11-6-5-7-12(8-11)14(17-15)13-9-16-18(4-2)10-13/h9-12,14,17H,3-8,15H2,1-2H3. The summed E-state index contributed by atoms with van der Waals surface area (Å²) in [6, 6.07) is 0.264. The zero-order valence-corrected chi connectivity index (χ0v) is 11.6. The zero-order chi connectivity index (χ0) is 13.0. The van der Waals surface area contributed by atoms with Gasteiger partial charge in [0, 0.05) is 18.3 Å². The minimum Gasteiger partial charge on any atom is -0.273 e. The van der Waals surface area contributed by atoms with Crippen LogP contribution in [0, 0.1) is 11.8 Å². The Balaban J connectivity index is 2.07. The van der Waals surface area contributed by atoms with E-state index >= 15 is 0 Å². The van der Waals surface area contributed by atoms with E-state index in [0.29, 0.717) is 5.92 Å². The SMILES string of the molecule is CCC1CCCC(C(NN)c2cnn(CC)c2)C1. The van der Waals surface area contributed by atoms with E-state index in [1.807, 2.05) is 10.9 Å². The number of nitrogens with one attached hydrogen (secondary N) is 1. The molecule has 2 rings (SSSR count). The van der Waals surface area contributed by atoms with Crippen LogP contribution in [-0.2, 0) is 6.54 Å². The molecule has 4 nitrogen and oxygen atoms in total. The Morgan fingerprint density at radius 3 is 2.94 bits per heavy atom. The van der Waals surface area contributed by atoms with Crippen molar-refractivity contribution in [2.75, 3.05) is 0 Å². The predicted molar refractivity (Wildman–Crippen MR) is 73.7 cm³/mol. The monoisotopic (exact) mass is 250 g/mol. The molecule has 1 aliphatic rings. The van der Waals surface area contributed by atoms with Gasteiger partial charge in [0.25, 0.3) is 0 Å². The van der Waals surface area contributed by atoms with E-state index in [1.54, 1.807) is 0 Å². The summed E-state index contributed by atoms with van der Waals surface area (Å²) in [5.74, 6) is 7.32. The lowest BCUT2D eigenvalue weighted by Gasteiger charge is -2.33. The Hall–Kier alpha value is -0.870. The van der Waals surface area contributed by atoms with Gasteiger partial charge in [-0.3, -0.25) is 16.0 Å². The molecule has 0 radical (unpaired) electrons. The highest BCUT2D eigenvalue weighted by Crippen LogP contribution is 2.37. The molecule has 0 bridgehead atoms. The van der Waals surface area contributed by atoms with Crippen molar-refractivity contribution in [2.24, 2.45) is 17.7 Å². The minimum absolute atomic E-state index is 0.264. The van der Waals surface area contributed by atoms with Crippen LogP contribution >= 0.6 is 0 Å². The van der Waals surface area contributed by atoms with E-state index in [9.17, 15) is 0 Å². The first-order valence-corrected chi connectivity index (χ1v) is 7.26. The Bertz CT molecular complexity index is 360. The molecule has 0 aromatic carbocycles.